The standard InChI is InChI=1S/C24H28N6O/c1-3-18-8-4-5-9-21(18)28-24(31)27-20-12-10-19(11-13-20)26-22-16-17(2)25-23(29-22)30-14-6-7-15-30/h4-5,8-13,16H,3,6-7,14-15H2,1-2H3,(H,25,26,29)(H2,27,28,31). The van der Waals surface area contributed by atoms with Gasteiger partial charge in [0.1, 0.15) is 5.82 Å². The number of urea groups is 1. The first-order chi connectivity index (χ1) is 15.1. The van der Waals surface area contributed by atoms with E-state index in [0.29, 0.717) is 5.69 Å². The minimum Gasteiger partial charge on any atom is -0.341 e. The number of hydrogen-bond acceptors (Lipinski definition) is 5. The van der Waals surface area contributed by atoms with Crippen molar-refractivity contribution < 1.29 is 4.79 Å². The van der Waals surface area contributed by atoms with Crippen LogP contribution in [0.2, 0.25) is 0 Å². The third-order valence-corrected chi connectivity index (χ3v) is 5.29. The lowest BCUT2D eigenvalue weighted by molar-refractivity contribution is 0.262. The Balaban J connectivity index is 1.39. The highest BCUT2D eigenvalue weighted by Crippen LogP contribution is 2.22. The molecule has 0 saturated carbocycles. The highest BCUT2D eigenvalue weighted by molar-refractivity contribution is 6.00. The van der Waals surface area contributed by atoms with Gasteiger partial charge in [0.15, 0.2) is 0 Å². The van der Waals surface area contributed by atoms with Gasteiger partial charge in [-0.1, -0.05) is 25.1 Å². The summed E-state index contributed by atoms with van der Waals surface area (Å²) in [6.07, 6.45) is 3.23. The summed E-state index contributed by atoms with van der Waals surface area (Å²) >= 11 is 0. The Morgan fingerprint density at radius 2 is 1.68 bits per heavy atom. The number of carbonyl (C=O) groups is 1. The molecule has 1 saturated heterocycles. The number of amides is 2. The molecule has 0 atom stereocenters. The molecular weight excluding hydrogens is 388 g/mol. The van der Waals surface area contributed by atoms with Crippen molar-refractivity contribution in [2.45, 2.75) is 33.1 Å². The fourth-order valence-corrected chi connectivity index (χ4v) is 3.70. The molecule has 0 bridgehead atoms. The van der Waals surface area contributed by atoms with E-state index in [4.69, 9.17) is 0 Å². The van der Waals surface area contributed by atoms with Crippen molar-refractivity contribution in [3.8, 4) is 0 Å². The van der Waals surface area contributed by atoms with Crippen LogP contribution in [0.3, 0.4) is 0 Å². The summed E-state index contributed by atoms with van der Waals surface area (Å²) in [5, 5.41) is 9.13. The van der Waals surface area contributed by atoms with E-state index in [1.54, 1.807) is 0 Å². The van der Waals surface area contributed by atoms with Crippen LogP contribution in [0, 0.1) is 6.92 Å². The predicted molar refractivity (Wildman–Crippen MR) is 126 cm³/mol. The minimum absolute atomic E-state index is 0.261. The van der Waals surface area contributed by atoms with E-state index in [-0.39, 0.29) is 6.03 Å². The van der Waals surface area contributed by atoms with Gasteiger partial charge in [-0.25, -0.2) is 9.78 Å². The van der Waals surface area contributed by atoms with Crippen LogP contribution in [0.5, 0.6) is 0 Å². The number of anilines is 5. The van der Waals surface area contributed by atoms with Crippen LogP contribution in [0.4, 0.5) is 33.6 Å². The lowest BCUT2D eigenvalue weighted by Crippen LogP contribution is -2.21. The number of rotatable bonds is 6. The largest absolute Gasteiger partial charge is 0.341 e. The number of aryl methyl sites for hydroxylation is 2. The summed E-state index contributed by atoms with van der Waals surface area (Å²) in [5.41, 5.74) is 4.47. The van der Waals surface area contributed by atoms with Gasteiger partial charge in [-0.3, -0.25) is 0 Å². The topological polar surface area (TPSA) is 82.2 Å². The van der Waals surface area contributed by atoms with E-state index in [1.165, 1.54) is 12.8 Å². The molecule has 2 aromatic carbocycles. The van der Waals surface area contributed by atoms with Gasteiger partial charge in [0, 0.05) is 41.9 Å². The highest BCUT2D eigenvalue weighted by Gasteiger charge is 2.16. The summed E-state index contributed by atoms with van der Waals surface area (Å²) in [7, 11) is 0. The Labute approximate surface area is 182 Å². The Kier molecular flexibility index (Phi) is 6.31. The number of benzene rings is 2. The number of aromatic nitrogens is 2. The molecule has 31 heavy (non-hydrogen) atoms. The highest BCUT2D eigenvalue weighted by atomic mass is 16.2. The molecule has 0 unspecified atom stereocenters. The maximum absolute atomic E-state index is 12.4. The number of para-hydroxylation sites is 1. The molecule has 3 aromatic rings. The predicted octanol–water partition coefficient (Wildman–Crippen LogP) is 5.34. The van der Waals surface area contributed by atoms with Crippen LogP contribution in [0.25, 0.3) is 0 Å². The van der Waals surface area contributed by atoms with Crippen LogP contribution in [0.1, 0.15) is 31.0 Å². The van der Waals surface area contributed by atoms with Gasteiger partial charge in [0.05, 0.1) is 0 Å². The summed E-state index contributed by atoms with van der Waals surface area (Å²) < 4.78 is 0. The van der Waals surface area contributed by atoms with Crippen molar-refractivity contribution in [1.82, 2.24) is 9.97 Å². The number of nitrogens with one attached hydrogen (secondary N) is 3. The summed E-state index contributed by atoms with van der Waals surface area (Å²) in [6, 6.07) is 17.1. The number of nitrogens with zero attached hydrogens (tertiary/aromatic N) is 3. The fourth-order valence-electron chi connectivity index (χ4n) is 3.70. The quantitative estimate of drug-likeness (QED) is 0.506. The molecule has 1 fully saturated rings. The van der Waals surface area contributed by atoms with E-state index in [1.807, 2.05) is 61.5 Å². The molecule has 1 aliphatic heterocycles. The SMILES string of the molecule is CCc1ccccc1NC(=O)Nc1ccc(Nc2cc(C)nc(N3CCCC3)n2)cc1. The molecule has 7 heteroatoms. The van der Waals surface area contributed by atoms with Gasteiger partial charge >= 0.3 is 6.03 Å². The van der Waals surface area contributed by atoms with Gasteiger partial charge in [-0.05, 0) is 62.1 Å². The van der Waals surface area contributed by atoms with Crippen molar-refractivity contribution in [2.24, 2.45) is 0 Å². The molecule has 0 spiro atoms. The third-order valence-electron chi connectivity index (χ3n) is 5.29. The third kappa shape index (κ3) is 5.31. The Hall–Kier alpha value is -3.61. The summed E-state index contributed by atoms with van der Waals surface area (Å²) in [5.74, 6) is 1.55. The van der Waals surface area contributed by atoms with Crippen molar-refractivity contribution in [3.63, 3.8) is 0 Å². The van der Waals surface area contributed by atoms with Crippen LogP contribution in [-0.2, 0) is 6.42 Å². The van der Waals surface area contributed by atoms with Crippen LogP contribution in [0.15, 0.2) is 54.6 Å². The minimum atomic E-state index is -0.261. The molecular formula is C24H28N6O. The first kappa shape index (κ1) is 20.7. The maximum atomic E-state index is 12.4. The van der Waals surface area contributed by atoms with E-state index in [9.17, 15) is 4.79 Å². The van der Waals surface area contributed by atoms with Crippen molar-refractivity contribution in [3.05, 3.63) is 65.9 Å². The second-order valence-electron chi connectivity index (χ2n) is 7.68. The monoisotopic (exact) mass is 416 g/mol. The van der Waals surface area contributed by atoms with Crippen molar-refractivity contribution in [1.29, 1.82) is 0 Å². The van der Waals surface area contributed by atoms with Crippen molar-refractivity contribution in [2.75, 3.05) is 33.9 Å². The molecule has 160 valence electrons. The molecule has 4 rings (SSSR count). The molecule has 1 aliphatic rings. The van der Waals surface area contributed by atoms with E-state index in [2.05, 4.69) is 37.7 Å². The van der Waals surface area contributed by atoms with Crippen LogP contribution < -0.4 is 20.9 Å². The van der Waals surface area contributed by atoms with E-state index < -0.39 is 0 Å². The average Bonchev–Trinajstić information content (AvgIpc) is 3.30. The Morgan fingerprint density at radius 3 is 2.42 bits per heavy atom. The summed E-state index contributed by atoms with van der Waals surface area (Å²) in [4.78, 5) is 23.8. The van der Waals surface area contributed by atoms with E-state index >= 15 is 0 Å². The van der Waals surface area contributed by atoms with Crippen LogP contribution in [-0.4, -0.2) is 29.1 Å². The lowest BCUT2D eigenvalue weighted by atomic mass is 10.1. The number of hydrogen-bond donors (Lipinski definition) is 3. The normalized spacial score (nSPS) is 13.2. The molecule has 0 radical (unpaired) electrons. The second-order valence-corrected chi connectivity index (χ2v) is 7.68. The fraction of sp³-hybridized carbons (Fsp3) is 0.292. The number of carbonyl (C=O) groups excluding carboxylic acids is 1. The molecule has 0 aliphatic carbocycles. The Bertz CT molecular complexity index is 1040. The van der Waals surface area contributed by atoms with Gasteiger partial charge in [-0.15, -0.1) is 0 Å². The molecule has 1 aromatic heterocycles. The van der Waals surface area contributed by atoms with Gasteiger partial charge < -0.3 is 20.9 Å². The molecule has 2 amide bonds. The zero-order valence-corrected chi connectivity index (χ0v) is 18.0. The maximum Gasteiger partial charge on any atom is 0.323 e. The molecule has 3 N–H and O–H groups in total. The Morgan fingerprint density at radius 1 is 0.968 bits per heavy atom. The first-order valence-electron chi connectivity index (χ1n) is 10.7. The van der Waals surface area contributed by atoms with E-state index in [0.717, 1.165) is 53.9 Å². The first-order valence-corrected chi connectivity index (χ1v) is 10.7. The molecule has 2 heterocycles. The van der Waals surface area contributed by atoms with Crippen molar-refractivity contribution >= 4 is 34.9 Å². The second kappa shape index (κ2) is 9.47. The molecule has 7 nitrogen and oxygen atoms in total. The average molecular weight is 417 g/mol. The van der Waals surface area contributed by atoms with Gasteiger partial charge in [0.25, 0.3) is 0 Å². The van der Waals surface area contributed by atoms with Crippen LogP contribution >= 0.6 is 0 Å². The lowest BCUT2D eigenvalue weighted by Gasteiger charge is -2.17. The van der Waals surface area contributed by atoms with Gasteiger partial charge in [-0.2, -0.15) is 4.98 Å². The summed E-state index contributed by atoms with van der Waals surface area (Å²) in [6.45, 7) is 6.06. The zero-order valence-electron chi connectivity index (χ0n) is 18.0. The van der Waals surface area contributed by atoms with Gasteiger partial charge in [0.2, 0.25) is 5.95 Å². The smallest absolute Gasteiger partial charge is 0.323 e. The zero-order chi connectivity index (χ0) is 21.6.